The lowest BCUT2D eigenvalue weighted by Gasteiger charge is -2.17. The highest BCUT2D eigenvalue weighted by Crippen LogP contribution is 2.22. The Labute approximate surface area is 144 Å². The van der Waals surface area contributed by atoms with Gasteiger partial charge in [-0.25, -0.2) is 4.79 Å². The van der Waals surface area contributed by atoms with Crippen molar-refractivity contribution in [3.8, 4) is 0 Å². The van der Waals surface area contributed by atoms with E-state index in [0.29, 0.717) is 26.3 Å². The number of halogens is 1. The maximum Gasteiger partial charge on any atom is 0.317 e. The molecule has 1 saturated heterocycles. The number of carbonyl (C=O) groups is 1. The Kier molecular flexibility index (Phi) is 7.65. The highest BCUT2D eigenvalue weighted by Gasteiger charge is 2.15. The van der Waals surface area contributed by atoms with Crippen LogP contribution in [0, 0.1) is 0 Å². The van der Waals surface area contributed by atoms with Crippen LogP contribution in [0.25, 0.3) is 0 Å². The van der Waals surface area contributed by atoms with E-state index in [1.807, 2.05) is 12.1 Å². The molecule has 0 radical (unpaired) electrons. The lowest BCUT2D eigenvalue weighted by molar-refractivity contribution is 0.0167. The second kappa shape index (κ2) is 9.50. The van der Waals surface area contributed by atoms with Gasteiger partial charge in [-0.15, -0.1) is 11.3 Å². The number of rotatable bonds is 8. The van der Waals surface area contributed by atoms with Crippen LogP contribution in [0.5, 0.6) is 0 Å². The standard InChI is InChI=1S/C15H23BrN2O3S/c1-18(10-13-5-6-14(16)22-13)15(19)17-7-3-8-20-11-12-4-2-9-21-12/h5-6,12H,2-4,7-11H2,1H3,(H,17,19)/t12-/m1/s1. The highest BCUT2D eigenvalue weighted by atomic mass is 79.9. The Morgan fingerprint density at radius 2 is 2.45 bits per heavy atom. The number of hydrogen-bond donors (Lipinski definition) is 1. The summed E-state index contributed by atoms with van der Waals surface area (Å²) in [5.41, 5.74) is 0. The van der Waals surface area contributed by atoms with Crippen LogP contribution in [-0.2, 0) is 16.0 Å². The second-order valence-electron chi connectivity index (χ2n) is 5.36. The second-order valence-corrected chi connectivity index (χ2v) is 7.90. The van der Waals surface area contributed by atoms with Crippen molar-refractivity contribution in [3.63, 3.8) is 0 Å². The Bertz CT molecular complexity index is 463. The van der Waals surface area contributed by atoms with Gasteiger partial charge in [0.1, 0.15) is 0 Å². The summed E-state index contributed by atoms with van der Waals surface area (Å²) >= 11 is 5.07. The van der Waals surface area contributed by atoms with Gasteiger partial charge < -0.3 is 19.7 Å². The predicted octanol–water partition coefficient (Wildman–Crippen LogP) is 3.24. The predicted molar refractivity (Wildman–Crippen MR) is 91.3 cm³/mol. The van der Waals surface area contributed by atoms with Gasteiger partial charge in [-0.3, -0.25) is 0 Å². The molecule has 2 heterocycles. The topological polar surface area (TPSA) is 50.8 Å². The van der Waals surface area contributed by atoms with E-state index in [9.17, 15) is 4.79 Å². The lowest BCUT2D eigenvalue weighted by Crippen LogP contribution is -2.37. The van der Waals surface area contributed by atoms with Crippen LogP contribution in [0.1, 0.15) is 24.1 Å². The first-order chi connectivity index (χ1) is 10.6. The summed E-state index contributed by atoms with van der Waals surface area (Å²) in [5.74, 6) is 0. The number of nitrogens with one attached hydrogen (secondary N) is 1. The van der Waals surface area contributed by atoms with E-state index < -0.39 is 0 Å². The minimum Gasteiger partial charge on any atom is -0.379 e. The zero-order valence-electron chi connectivity index (χ0n) is 12.8. The molecule has 2 amide bonds. The largest absolute Gasteiger partial charge is 0.379 e. The summed E-state index contributed by atoms with van der Waals surface area (Å²) < 4.78 is 12.1. The van der Waals surface area contributed by atoms with Gasteiger partial charge in [-0.05, 0) is 47.3 Å². The molecule has 1 atom stereocenters. The molecule has 1 aliphatic heterocycles. The number of ether oxygens (including phenoxy) is 2. The fraction of sp³-hybridized carbons (Fsp3) is 0.667. The van der Waals surface area contributed by atoms with E-state index in [-0.39, 0.29) is 12.1 Å². The van der Waals surface area contributed by atoms with E-state index >= 15 is 0 Å². The maximum absolute atomic E-state index is 11.9. The summed E-state index contributed by atoms with van der Waals surface area (Å²) in [6.07, 6.45) is 3.32. The third-order valence-electron chi connectivity index (χ3n) is 3.44. The molecule has 0 aromatic carbocycles. The molecular formula is C15H23BrN2O3S. The first kappa shape index (κ1) is 17.7. The van der Waals surface area contributed by atoms with E-state index in [2.05, 4.69) is 21.2 Å². The number of urea groups is 1. The molecule has 0 bridgehead atoms. The molecule has 1 N–H and O–H groups in total. The molecule has 5 nitrogen and oxygen atoms in total. The van der Waals surface area contributed by atoms with Gasteiger partial charge in [-0.1, -0.05) is 0 Å². The number of amides is 2. The van der Waals surface area contributed by atoms with Crippen LogP contribution < -0.4 is 5.32 Å². The van der Waals surface area contributed by atoms with E-state index in [4.69, 9.17) is 9.47 Å². The summed E-state index contributed by atoms with van der Waals surface area (Å²) in [4.78, 5) is 14.8. The van der Waals surface area contributed by atoms with Crippen LogP contribution >= 0.6 is 27.3 Å². The van der Waals surface area contributed by atoms with Gasteiger partial charge in [0.25, 0.3) is 0 Å². The fourth-order valence-electron chi connectivity index (χ4n) is 2.24. The first-order valence-corrected chi connectivity index (χ1v) is 9.18. The summed E-state index contributed by atoms with van der Waals surface area (Å²) in [6, 6.07) is 3.97. The molecule has 0 saturated carbocycles. The molecule has 1 fully saturated rings. The van der Waals surface area contributed by atoms with Crippen LogP contribution in [0.4, 0.5) is 4.79 Å². The molecule has 1 aromatic heterocycles. The molecule has 1 aliphatic rings. The van der Waals surface area contributed by atoms with Crippen molar-refractivity contribution in [1.82, 2.24) is 10.2 Å². The van der Waals surface area contributed by atoms with Crippen molar-refractivity contribution < 1.29 is 14.3 Å². The molecule has 0 spiro atoms. The minimum absolute atomic E-state index is 0.0522. The Morgan fingerprint density at radius 1 is 1.59 bits per heavy atom. The number of nitrogens with zero attached hydrogens (tertiary/aromatic N) is 1. The molecule has 1 aromatic rings. The van der Waals surface area contributed by atoms with E-state index in [1.54, 1.807) is 23.3 Å². The Balaban J connectivity index is 1.51. The SMILES string of the molecule is CN(Cc1ccc(Br)s1)C(=O)NCCCOC[C@H]1CCCO1. The maximum atomic E-state index is 11.9. The van der Waals surface area contributed by atoms with Gasteiger partial charge in [0.05, 0.1) is 23.0 Å². The van der Waals surface area contributed by atoms with Gasteiger partial charge in [-0.2, -0.15) is 0 Å². The average molecular weight is 391 g/mol. The van der Waals surface area contributed by atoms with Gasteiger partial charge in [0.2, 0.25) is 0 Å². The van der Waals surface area contributed by atoms with Gasteiger partial charge in [0.15, 0.2) is 0 Å². The normalized spacial score (nSPS) is 17.6. The number of hydrogen-bond acceptors (Lipinski definition) is 4. The average Bonchev–Trinajstić information content (AvgIpc) is 3.14. The Hall–Kier alpha value is -0.630. The van der Waals surface area contributed by atoms with Gasteiger partial charge >= 0.3 is 6.03 Å². The van der Waals surface area contributed by atoms with Crippen LogP contribution in [0.15, 0.2) is 15.9 Å². The fourth-order valence-corrected chi connectivity index (χ4v) is 3.77. The first-order valence-electron chi connectivity index (χ1n) is 7.57. The zero-order valence-corrected chi connectivity index (χ0v) is 15.2. The van der Waals surface area contributed by atoms with Crippen LogP contribution in [-0.4, -0.2) is 50.4 Å². The van der Waals surface area contributed by atoms with Crippen LogP contribution in [0.3, 0.4) is 0 Å². The van der Waals surface area contributed by atoms with Crippen molar-refractivity contribution in [3.05, 3.63) is 20.8 Å². The van der Waals surface area contributed by atoms with Crippen molar-refractivity contribution in [2.75, 3.05) is 33.4 Å². The quantitative estimate of drug-likeness (QED) is 0.693. The minimum atomic E-state index is -0.0522. The van der Waals surface area contributed by atoms with Crippen LogP contribution in [0.2, 0.25) is 0 Å². The summed E-state index contributed by atoms with van der Waals surface area (Å²) in [7, 11) is 1.80. The summed E-state index contributed by atoms with van der Waals surface area (Å²) in [5, 5.41) is 2.91. The summed E-state index contributed by atoms with van der Waals surface area (Å²) in [6.45, 7) is 3.43. The zero-order chi connectivity index (χ0) is 15.8. The van der Waals surface area contributed by atoms with Crippen molar-refractivity contribution >= 4 is 33.3 Å². The molecule has 7 heteroatoms. The Morgan fingerprint density at radius 3 is 3.14 bits per heavy atom. The molecule has 124 valence electrons. The number of carbonyl (C=O) groups excluding carboxylic acids is 1. The number of thiophene rings is 1. The molecule has 22 heavy (non-hydrogen) atoms. The molecule has 0 unspecified atom stereocenters. The van der Waals surface area contributed by atoms with E-state index in [1.165, 1.54) is 0 Å². The van der Waals surface area contributed by atoms with Gasteiger partial charge in [0, 0.05) is 31.7 Å². The monoisotopic (exact) mass is 390 g/mol. The third-order valence-corrected chi connectivity index (χ3v) is 5.05. The molecular weight excluding hydrogens is 368 g/mol. The van der Waals surface area contributed by atoms with E-state index in [0.717, 1.165) is 34.5 Å². The van der Waals surface area contributed by atoms with Crippen molar-refractivity contribution in [2.24, 2.45) is 0 Å². The third kappa shape index (κ3) is 6.24. The van der Waals surface area contributed by atoms with Crippen molar-refractivity contribution in [1.29, 1.82) is 0 Å². The highest BCUT2D eigenvalue weighted by molar-refractivity contribution is 9.11. The molecule has 2 rings (SSSR count). The lowest BCUT2D eigenvalue weighted by atomic mass is 10.2. The molecule has 0 aliphatic carbocycles. The van der Waals surface area contributed by atoms with Crippen molar-refractivity contribution in [2.45, 2.75) is 31.9 Å². The smallest absolute Gasteiger partial charge is 0.317 e.